The normalized spacial score (nSPS) is 16.7. The Balaban J connectivity index is 1.40. The van der Waals surface area contributed by atoms with Crippen molar-refractivity contribution in [3.63, 3.8) is 0 Å². The van der Waals surface area contributed by atoms with Crippen molar-refractivity contribution in [3.8, 4) is 0 Å². The highest BCUT2D eigenvalue weighted by molar-refractivity contribution is 5.57. The number of methoxy groups -OCH3 is 1. The minimum Gasteiger partial charge on any atom is -0.384 e. The van der Waals surface area contributed by atoms with Crippen molar-refractivity contribution in [1.29, 1.82) is 0 Å². The predicted molar refractivity (Wildman–Crippen MR) is 116 cm³/mol. The fourth-order valence-electron chi connectivity index (χ4n) is 3.80. The topological polar surface area (TPSA) is 76.1 Å². The van der Waals surface area contributed by atoms with Crippen molar-refractivity contribution in [2.24, 2.45) is 0 Å². The van der Waals surface area contributed by atoms with Gasteiger partial charge in [0, 0.05) is 44.2 Å². The molecule has 4 heterocycles. The number of likely N-dealkylation sites (tertiary alicyclic amines) is 1. The van der Waals surface area contributed by atoms with Gasteiger partial charge < -0.3 is 10.1 Å². The smallest absolute Gasteiger partial charge is 0.133 e. The lowest BCUT2D eigenvalue weighted by molar-refractivity contribution is 0.200. The molecule has 3 aromatic rings. The number of aryl methyl sites for hydroxylation is 1. The van der Waals surface area contributed by atoms with Gasteiger partial charge in [-0.15, -0.1) is 0 Å². The summed E-state index contributed by atoms with van der Waals surface area (Å²) in [6, 6.07) is 8.51. The number of ether oxygens (including phenoxy) is 1. The zero-order valence-corrected chi connectivity index (χ0v) is 17.6. The molecule has 1 aliphatic heterocycles. The first-order valence-corrected chi connectivity index (χ1v) is 10.4. The van der Waals surface area contributed by atoms with E-state index >= 15 is 0 Å². The van der Waals surface area contributed by atoms with Gasteiger partial charge in [0.15, 0.2) is 0 Å². The average Bonchev–Trinajstić information content (AvgIpc) is 3.23. The molecule has 1 N–H and O–H groups in total. The number of nitrogens with zero attached hydrogens (tertiary/aromatic N) is 5. The second-order valence-electron chi connectivity index (χ2n) is 7.64. The van der Waals surface area contributed by atoms with Gasteiger partial charge in [-0.05, 0) is 50.1 Å². The first-order chi connectivity index (χ1) is 14.7. The Kier molecular flexibility index (Phi) is 6.61. The second-order valence-corrected chi connectivity index (χ2v) is 7.64. The highest BCUT2D eigenvalue weighted by Crippen LogP contribution is 2.32. The molecule has 1 atom stereocenters. The van der Waals surface area contributed by atoms with Crippen molar-refractivity contribution < 1.29 is 4.74 Å². The van der Waals surface area contributed by atoms with Gasteiger partial charge in [0.2, 0.25) is 0 Å². The number of nitrogens with one attached hydrogen (secondary N) is 1. The molecule has 1 aliphatic rings. The molecule has 0 saturated carbocycles. The van der Waals surface area contributed by atoms with E-state index in [1.54, 1.807) is 13.3 Å². The van der Waals surface area contributed by atoms with Crippen LogP contribution in [0.4, 0.5) is 11.5 Å². The minimum absolute atomic E-state index is 0.323. The molecule has 1 fully saturated rings. The maximum atomic E-state index is 5.09. The van der Waals surface area contributed by atoms with E-state index in [9.17, 15) is 0 Å². The van der Waals surface area contributed by atoms with Crippen LogP contribution in [0.25, 0.3) is 0 Å². The largest absolute Gasteiger partial charge is 0.384 e. The average molecular weight is 405 g/mol. The van der Waals surface area contributed by atoms with Crippen LogP contribution < -0.4 is 5.32 Å². The van der Waals surface area contributed by atoms with Crippen LogP contribution in [0.15, 0.2) is 49.1 Å². The van der Waals surface area contributed by atoms with Crippen LogP contribution in [0, 0.1) is 6.92 Å². The molecule has 30 heavy (non-hydrogen) atoms. The fourth-order valence-corrected chi connectivity index (χ4v) is 3.80. The molecule has 7 heteroatoms. The molecule has 7 nitrogen and oxygen atoms in total. The van der Waals surface area contributed by atoms with Gasteiger partial charge in [-0.3, -0.25) is 9.88 Å². The molecule has 1 unspecified atom stereocenters. The maximum Gasteiger partial charge on any atom is 0.133 e. The van der Waals surface area contributed by atoms with Crippen LogP contribution >= 0.6 is 0 Å². The lowest BCUT2D eigenvalue weighted by Gasteiger charge is -2.24. The molecule has 0 bridgehead atoms. The Bertz CT molecular complexity index is 945. The molecular weight excluding hydrogens is 376 g/mol. The Morgan fingerprint density at radius 1 is 1.10 bits per heavy atom. The van der Waals surface area contributed by atoms with E-state index < -0.39 is 0 Å². The minimum atomic E-state index is 0.323. The molecule has 0 radical (unpaired) electrons. The van der Waals surface area contributed by atoms with Gasteiger partial charge in [0.25, 0.3) is 0 Å². The molecule has 156 valence electrons. The Labute approximate surface area is 177 Å². The first kappa shape index (κ1) is 20.4. The third-order valence-electron chi connectivity index (χ3n) is 5.44. The van der Waals surface area contributed by atoms with E-state index in [0.29, 0.717) is 12.6 Å². The maximum absolute atomic E-state index is 5.09. The summed E-state index contributed by atoms with van der Waals surface area (Å²) in [6.45, 7) is 4.58. The number of aromatic nitrogens is 4. The zero-order valence-electron chi connectivity index (χ0n) is 17.6. The number of hydrogen-bond donors (Lipinski definition) is 1. The zero-order chi connectivity index (χ0) is 20.8. The molecular formula is C23H28N6O. The van der Waals surface area contributed by atoms with Gasteiger partial charge in [-0.2, -0.15) is 0 Å². The second kappa shape index (κ2) is 9.73. The number of anilines is 2. The van der Waals surface area contributed by atoms with Gasteiger partial charge in [-0.1, -0.05) is 6.07 Å². The van der Waals surface area contributed by atoms with E-state index in [-0.39, 0.29) is 0 Å². The predicted octanol–water partition coefficient (Wildman–Crippen LogP) is 3.84. The summed E-state index contributed by atoms with van der Waals surface area (Å²) in [7, 11) is 1.69. The SMILES string of the molecule is COCCc1ncc(CN2CCCC2c2ccc(Nc3ncccc3C)cn2)cn1. The van der Waals surface area contributed by atoms with Crippen LogP contribution in [0.5, 0.6) is 0 Å². The molecule has 1 saturated heterocycles. The van der Waals surface area contributed by atoms with Gasteiger partial charge in [0.1, 0.15) is 11.6 Å². The summed E-state index contributed by atoms with van der Waals surface area (Å²) in [5.41, 5.74) is 4.30. The van der Waals surface area contributed by atoms with E-state index in [1.807, 2.05) is 37.6 Å². The monoisotopic (exact) mass is 404 g/mol. The van der Waals surface area contributed by atoms with Gasteiger partial charge in [-0.25, -0.2) is 15.0 Å². The highest BCUT2D eigenvalue weighted by atomic mass is 16.5. The number of rotatable bonds is 8. The van der Waals surface area contributed by atoms with Crippen molar-refractivity contribution in [3.05, 3.63) is 71.7 Å². The molecule has 0 aromatic carbocycles. The lowest BCUT2D eigenvalue weighted by atomic mass is 10.1. The van der Waals surface area contributed by atoms with E-state index in [0.717, 1.165) is 60.1 Å². The van der Waals surface area contributed by atoms with E-state index in [1.165, 1.54) is 6.42 Å². The lowest BCUT2D eigenvalue weighted by Crippen LogP contribution is -2.23. The van der Waals surface area contributed by atoms with Crippen LogP contribution in [-0.4, -0.2) is 45.1 Å². The Hall–Kier alpha value is -2.90. The van der Waals surface area contributed by atoms with Gasteiger partial charge in [0.05, 0.1) is 30.2 Å². The molecule has 3 aromatic heterocycles. The summed E-state index contributed by atoms with van der Waals surface area (Å²) in [5.74, 6) is 1.69. The van der Waals surface area contributed by atoms with Crippen molar-refractivity contribution >= 4 is 11.5 Å². The van der Waals surface area contributed by atoms with E-state index in [4.69, 9.17) is 9.72 Å². The quantitative estimate of drug-likeness (QED) is 0.611. The van der Waals surface area contributed by atoms with Crippen LogP contribution in [-0.2, 0) is 17.7 Å². The molecule has 0 amide bonds. The third-order valence-corrected chi connectivity index (χ3v) is 5.44. The standard InChI is InChI=1S/C23H28N6O/c1-17-5-3-10-24-23(17)28-19-7-8-20(25-15-19)21-6-4-11-29(21)16-18-13-26-22(27-14-18)9-12-30-2/h3,5,7-8,10,13-15,21H,4,6,9,11-12,16H2,1-2H3,(H,24,28). The van der Waals surface area contributed by atoms with Crippen LogP contribution in [0.1, 0.15) is 41.5 Å². The Morgan fingerprint density at radius 2 is 1.97 bits per heavy atom. The molecule has 0 spiro atoms. The van der Waals surface area contributed by atoms with Crippen molar-refractivity contribution in [1.82, 2.24) is 24.8 Å². The Morgan fingerprint density at radius 3 is 2.70 bits per heavy atom. The molecule has 4 rings (SSSR count). The van der Waals surface area contributed by atoms with Gasteiger partial charge >= 0.3 is 0 Å². The first-order valence-electron chi connectivity index (χ1n) is 10.4. The molecule has 0 aliphatic carbocycles. The van der Waals surface area contributed by atoms with Crippen molar-refractivity contribution in [2.75, 3.05) is 25.6 Å². The number of hydrogen-bond acceptors (Lipinski definition) is 7. The van der Waals surface area contributed by atoms with E-state index in [2.05, 4.69) is 37.3 Å². The summed E-state index contributed by atoms with van der Waals surface area (Å²) in [4.78, 5) is 20.5. The summed E-state index contributed by atoms with van der Waals surface area (Å²) < 4.78 is 5.09. The highest BCUT2D eigenvalue weighted by Gasteiger charge is 2.27. The van der Waals surface area contributed by atoms with Crippen molar-refractivity contribution in [2.45, 2.75) is 38.8 Å². The van der Waals surface area contributed by atoms with Crippen LogP contribution in [0.2, 0.25) is 0 Å². The third kappa shape index (κ3) is 4.98. The number of pyridine rings is 2. The fraction of sp³-hybridized carbons (Fsp3) is 0.391. The summed E-state index contributed by atoms with van der Waals surface area (Å²) in [5, 5.41) is 3.35. The van der Waals surface area contributed by atoms with Crippen LogP contribution in [0.3, 0.4) is 0 Å². The summed E-state index contributed by atoms with van der Waals surface area (Å²) in [6.07, 6.45) is 10.6. The summed E-state index contributed by atoms with van der Waals surface area (Å²) >= 11 is 0.